The summed E-state index contributed by atoms with van der Waals surface area (Å²) in [4.78, 5) is 8.55. The fourth-order valence-corrected chi connectivity index (χ4v) is 1.34. The van der Waals surface area contributed by atoms with Crippen LogP contribution >= 0.6 is 8.25 Å². The van der Waals surface area contributed by atoms with Crippen LogP contribution in [0.3, 0.4) is 0 Å². The van der Waals surface area contributed by atoms with Crippen LogP contribution in [0, 0.1) is 13.8 Å². The zero-order valence-corrected chi connectivity index (χ0v) is 8.00. The van der Waals surface area contributed by atoms with E-state index in [0.29, 0.717) is 5.75 Å². The molecule has 0 aliphatic heterocycles. The Hall–Kier alpha value is -0.790. The first-order valence-corrected chi connectivity index (χ1v) is 4.84. The molecule has 0 aliphatic carbocycles. The SMILES string of the molecule is Cc1cccc(O[PH](=O)O)c1C. The Bertz CT molecular complexity index is 309. The van der Waals surface area contributed by atoms with Crippen molar-refractivity contribution < 1.29 is 14.0 Å². The molecule has 1 aromatic carbocycles. The van der Waals surface area contributed by atoms with E-state index in [4.69, 9.17) is 9.42 Å². The Morgan fingerprint density at radius 3 is 2.67 bits per heavy atom. The maximum Gasteiger partial charge on any atom is 0.365 e. The Labute approximate surface area is 71.9 Å². The van der Waals surface area contributed by atoms with Crippen molar-refractivity contribution in [2.24, 2.45) is 0 Å². The molecule has 0 saturated carbocycles. The van der Waals surface area contributed by atoms with Gasteiger partial charge in [0, 0.05) is 0 Å². The average Bonchev–Trinajstić information content (AvgIpc) is 1.98. The average molecular weight is 186 g/mol. The van der Waals surface area contributed by atoms with Crippen LogP contribution in [-0.2, 0) is 4.57 Å². The van der Waals surface area contributed by atoms with Gasteiger partial charge in [0.05, 0.1) is 0 Å². The monoisotopic (exact) mass is 186 g/mol. The molecule has 4 heteroatoms. The van der Waals surface area contributed by atoms with Gasteiger partial charge in [0.25, 0.3) is 0 Å². The molecule has 12 heavy (non-hydrogen) atoms. The Morgan fingerprint density at radius 1 is 1.42 bits per heavy atom. The van der Waals surface area contributed by atoms with E-state index in [1.54, 1.807) is 12.1 Å². The van der Waals surface area contributed by atoms with Gasteiger partial charge in [0.2, 0.25) is 0 Å². The second-order valence-corrected chi connectivity index (χ2v) is 3.30. The van der Waals surface area contributed by atoms with Gasteiger partial charge >= 0.3 is 8.25 Å². The first-order valence-electron chi connectivity index (χ1n) is 3.58. The van der Waals surface area contributed by atoms with Gasteiger partial charge in [0.15, 0.2) is 0 Å². The van der Waals surface area contributed by atoms with E-state index in [0.717, 1.165) is 11.1 Å². The predicted molar refractivity (Wildman–Crippen MR) is 47.8 cm³/mol. The summed E-state index contributed by atoms with van der Waals surface area (Å²) >= 11 is 0. The molecule has 1 aromatic rings. The largest absolute Gasteiger partial charge is 0.426 e. The number of hydrogen-bond donors (Lipinski definition) is 1. The molecule has 0 spiro atoms. The van der Waals surface area contributed by atoms with E-state index in [1.165, 1.54) is 0 Å². The second kappa shape index (κ2) is 3.74. The minimum atomic E-state index is -2.88. The van der Waals surface area contributed by atoms with Crippen molar-refractivity contribution >= 4 is 8.25 Å². The maximum absolute atomic E-state index is 10.4. The van der Waals surface area contributed by atoms with Gasteiger partial charge in [-0.2, -0.15) is 0 Å². The molecule has 1 rings (SSSR count). The summed E-state index contributed by atoms with van der Waals surface area (Å²) in [5.74, 6) is 0.487. The van der Waals surface area contributed by atoms with Crippen LogP contribution in [0.1, 0.15) is 11.1 Å². The predicted octanol–water partition coefficient (Wildman–Crippen LogP) is 2.06. The molecule has 0 saturated heterocycles. The summed E-state index contributed by atoms with van der Waals surface area (Å²) < 4.78 is 15.1. The highest BCUT2D eigenvalue weighted by Gasteiger charge is 2.02. The first kappa shape index (κ1) is 9.30. The van der Waals surface area contributed by atoms with Crippen LogP contribution in [-0.4, -0.2) is 4.89 Å². The number of aryl methyl sites for hydroxylation is 1. The molecular formula is C8H11O3P. The third-order valence-electron chi connectivity index (χ3n) is 1.75. The Kier molecular flexibility index (Phi) is 2.90. The summed E-state index contributed by atoms with van der Waals surface area (Å²) in [5, 5.41) is 0. The van der Waals surface area contributed by atoms with E-state index in [-0.39, 0.29) is 0 Å². The van der Waals surface area contributed by atoms with E-state index < -0.39 is 8.25 Å². The lowest BCUT2D eigenvalue weighted by Crippen LogP contribution is -1.87. The molecule has 1 N–H and O–H groups in total. The quantitative estimate of drug-likeness (QED) is 0.719. The van der Waals surface area contributed by atoms with Crippen LogP contribution in [0.4, 0.5) is 0 Å². The van der Waals surface area contributed by atoms with Crippen LogP contribution in [0.5, 0.6) is 5.75 Å². The lowest BCUT2D eigenvalue weighted by molar-refractivity contribution is 0.409. The van der Waals surface area contributed by atoms with E-state index in [9.17, 15) is 4.57 Å². The second-order valence-electron chi connectivity index (χ2n) is 2.57. The first-order chi connectivity index (χ1) is 5.61. The van der Waals surface area contributed by atoms with Crippen molar-refractivity contribution in [3.05, 3.63) is 29.3 Å². The molecule has 3 nitrogen and oxygen atoms in total. The number of rotatable bonds is 2. The molecular weight excluding hydrogens is 175 g/mol. The van der Waals surface area contributed by atoms with Crippen molar-refractivity contribution in [2.45, 2.75) is 13.8 Å². The van der Waals surface area contributed by atoms with Crippen LogP contribution < -0.4 is 4.52 Å². The zero-order valence-electron chi connectivity index (χ0n) is 7.00. The fraction of sp³-hybridized carbons (Fsp3) is 0.250. The molecule has 0 radical (unpaired) electrons. The van der Waals surface area contributed by atoms with Crippen molar-refractivity contribution in [3.8, 4) is 5.75 Å². The third-order valence-corrected chi connectivity index (χ3v) is 2.15. The molecule has 1 atom stereocenters. The molecule has 0 aliphatic rings. The molecule has 0 bridgehead atoms. The maximum atomic E-state index is 10.4. The molecule has 0 amide bonds. The molecule has 0 heterocycles. The fourth-order valence-electron chi connectivity index (χ4n) is 0.929. The van der Waals surface area contributed by atoms with Gasteiger partial charge < -0.3 is 9.42 Å². The van der Waals surface area contributed by atoms with Crippen molar-refractivity contribution in [1.82, 2.24) is 0 Å². The minimum Gasteiger partial charge on any atom is -0.426 e. The van der Waals surface area contributed by atoms with Gasteiger partial charge in [-0.1, -0.05) is 12.1 Å². The standard InChI is InChI=1S/C8H11O3P/c1-6-4-3-5-8(7(6)2)11-12(9)10/h3-5,12H,1-2H3,(H,9,10). The molecule has 66 valence electrons. The van der Waals surface area contributed by atoms with Crippen molar-refractivity contribution in [2.75, 3.05) is 0 Å². The smallest absolute Gasteiger partial charge is 0.365 e. The summed E-state index contributed by atoms with van der Waals surface area (Å²) in [7, 11) is -2.88. The Balaban J connectivity index is 3.00. The van der Waals surface area contributed by atoms with Gasteiger partial charge in [-0.15, -0.1) is 0 Å². The molecule has 0 aromatic heterocycles. The van der Waals surface area contributed by atoms with E-state index >= 15 is 0 Å². The highest BCUT2D eigenvalue weighted by molar-refractivity contribution is 7.32. The molecule has 0 fully saturated rings. The Morgan fingerprint density at radius 2 is 2.08 bits per heavy atom. The van der Waals surface area contributed by atoms with Crippen LogP contribution in [0.25, 0.3) is 0 Å². The van der Waals surface area contributed by atoms with E-state index in [2.05, 4.69) is 0 Å². The number of benzene rings is 1. The topological polar surface area (TPSA) is 46.5 Å². The van der Waals surface area contributed by atoms with Gasteiger partial charge in [-0.05, 0) is 31.0 Å². The van der Waals surface area contributed by atoms with E-state index in [1.807, 2.05) is 19.9 Å². The minimum absolute atomic E-state index is 0.487. The summed E-state index contributed by atoms with van der Waals surface area (Å²) in [6, 6.07) is 5.40. The zero-order chi connectivity index (χ0) is 9.14. The summed E-state index contributed by atoms with van der Waals surface area (Å²) in [5.41, 5.74) is 1.96. The van der Waals surface area contributed by atoms with Gasteiger partial charge in [0.1, 0.15) is 5.75 Å². The number of hydrogen-bond acceptors (Lipinski definition) is 2. The highest BCUT2D eigenvalue weighted by atomic mass is 31.1. The molecule has 1 unspecified atom stereocenters. The lowest BCUT2D eigenvalue weighted by atomic mass is 10.1. The van der Waals surface area contributed by atoms with Crippen LogP contribution in [0.15, 0.2) is 18.2 Å². The third kappa shape index (κ3) is 2.10. The summed E-state index contributed by atoms with van der Waals surface area (Å²) in [6.07, 6.45) is 0. The lowest BCUT2D eigenvalue weighted by Gasteiger charge is -2.06. The highest BCUT2D eigenvalue weighted by Crippen LogP contribution is 2.27. The van der Waals surface area contributed by atoms with Gasteiger partial charge in [-0.25, -0.2) is 4.57 Å². The van der Waals surface area contributed by atoms with Crippen molar-refractivity contribution in [1.29, 1.82) is 0 Å². The summed E-state index contributed by atoms with van der Waals surface area (Å²) in [6.45, 7) is 3.78. The van der Waals surface area contributed by atoms with Gasteiger partial charge in [-0.3, -0.25) is 0 Å². The van der Waals surface area contributed by atoms with Crippen LogP contribution in [0.2, 0.25) is 0 Å². The van der Waals surface area contributed by atoms with Crippen molar-refractivity contribution in [3.63, 3.8) is 0 Å². The normalized spacial score (nSPS) is 12.6.